The standard InChI is InChI=1S/C13H18O2/c1-13(2,3)12(15)11(9-14)10-7-5-4-6-8-10/h4-8,11,14H,9H2,1-3H3. The number of hydrogen-bond donors (Lipinski definition) is 1. The molecule has 1 atom stereocenters. The average Bonchev–Trinajstić information content (AvgIpc) is 2.19. The number of carbonyl (C=O) groups excluding carboxylic acids is 1. The maximum absolute atomic E-state index is 12.0. The first-order valence-electron chi connectivity index (χ1n) is 5.17. The lowest BCUT2D eigenvalue weighted by molar-refractivity contribution is -0.128. The van der Waals surface area contributed by atoms with E-state index >= 15 is 0 Å². The molecule has 0 amide bonds. The van der Waals surface area contributed by atoms with E-state index in [0.29, 0.717) is 0 Å². The highest BCUT2D eigenvalue weighted by atomic mass is 16.3. The van der Waals surface area contributed by atoms with Gasteiger partial charge in [0.25, 0.3) is 0 Å². The molecule has 1 aromatic carbocycles. The molecule has 0 saturated heterocycles. The minimum atomic E-state index is -0.413. The average molecular weight is 206 g/mol. The Hall–Kier alpha value is -1.15. The summed E-state index contributed by atoms with van der Waals surface area (Å²) in [7, 11) is 0. The zero-order valence-electron chi connectivity index (χ0n) is 9.53. The smallest absolute Gasteiger partial charge is 0.147 e. The van der Waals surface area contributed by atoms with Gasteiger partial charge in [-0.2, -0.15) is 0 Å². The number of ketones is 1. The first-order valence-corrected chi connectivity index (χ1v) is 5.17. The number of aliphatic hydroxyl groups is 1. The fourth-order valence-electron chi connectivity index (χ4n) is 1.55. The Morgan fingerprint density at radius 3 is 2.20 bits per heavy atom. The minimum Gasteiger partial charge on any atom is -0.395 e. The topological polar surface area (TPSA) is 37.3 Å². The molecule has 0 aliphatic carbocycles. The molecule has 0 spiro atoms. The Morgan fingerprint density at radius 1 is 1.27 bits per heavy atom. The van der Waals surface area contributed by atoms with Gasteiger partial charge in [-0.15, -0.1) is 0 Å². The zero-order chi connectivity index (χ0) is 11.5. The Balaban J connectivity index is 2.96. The van der Waals surface area contributed by atoms with Gasteiger partial charge in [0.1, 0.15) is 5.78 Å². The molecule has 2 nitrogen and oxygen atoms in total. The summed E-state index contributed by atoms with van der Waals surface area (Å²) in [5.41, 5.74) is 0.475. The number of benzene rings is 1. The van der Waals surface area contributed by atoms with Crippen LogP contribution < -0.4 is 0 Å². The molecule has 0 bridgehead atoms. The van der Waals surface area contributed by atoms with Crippen LogP contribution in [0.1, 0.15) is 32.3 Å². The molecule has 0 aliphatic heterocycles. The van der Waals surface area contributed by atoms with Crippen molar-refractivity contribution in [1.29, 1.82) is 0 Å². The fourth-order valence-corrected chi connectivity index (χ4v) is 1.55. The van der Waals surface area contributed by atoms with E-state index < -0.39 is 11.3 Å². The van der Waals surface area contributed by atoms with Crippen LogP contribution in [0.4, 0.5) is 0 Å². The molecule has 1 rings (SSSR count). The summed E-state index contributed by atoms with van der Waals surface area (Å²) in [6, 6.07) is 9.43. The zero-order valence-corrected chi connectivity index (χ0v) is 9.53. The van der Waals surface area contributed by atoms with E-state index in [2.05, 4.69) is 0 Å². The lowest BCUT2D eigenvalue weighted by Crippen LogP contribution is -2.29. The van der Waals surface area contributed by atoms with Crippen LogP contribution in [0.15, 0.2) is 30.3 Å². The van der Waals surface area contributed by atoms with Gasteiger partial charge < -0.3 is 5.11 Å². The van der Waals surface area contributed by atoms with Crippen molar-refractivity contribution < 1.29 is 9.90 Å². The lowest BCUT2D eigenvalue weighted by Gasteiger charge is -2.23. The Bertz CT molecular complexity index is 322. The van der Waals surface area contributed by atoms with Crippen LogP contribution in [0, 0.1) is 5.41 Å². The maximum Gasteiger partial charge on any atom is 0.147 e. The Kier molecular flexibility index (Phi) is 3.64. The molecule has 1 aromatic rings. The third-order valence-electron chi connectivity index (χ3n) is 2.44. The maximum atomic E-state index is 12.0. The van der Waals surface area contributed by atoms with E-state index in [0.717, 1.165) is 5.56 Å². The van der Waals surface area contributed by atoms with Gasteiger partial charge in [0.15, 0.2) is 0 Å². The molecule has 0 saturated carbocycles. The highest BCUT2D eigenvalue weighted by molar-refractivity contribution is 5.90. The summed E-state index contributed by atoms with van der Waals surface area (Å²) in [6.45, 7) is 5.50. The van der Waals surface area contributed by atoms with Crippen LogP contribution in [0.25, 0.3) is 0 Å². The molecular weight excluding hydrogens is 188 g/mol. The molecule has 1 N–H and O–H groups in total. The van der Waals surface area contributed by atoms with Crippen LogP contribution in [0.5, 0.6) is 0 Å². The van der Waals surface area contributed by atoms with Gasteiger partial charge >= 0.3 is 0 Å². The van der Waals surface area contributed by atoms with Gasteiger partial charge in [-0.1, -0.05) is 51.1 Å². The Labute approximate surface area is 90.9 Å². The largest absolute Gasteiger partial charge is 0.395 e. The molecule has 0 fully saturated rings. The number of aliphatic hydroxyl groups excluding tert-OH is 1. The molecular formula is C13H18O2. The van der Waals surface area contributed by atoms with E-state index in [-0.39, 0.29) is 12.4 Å². The van der Waals surface area contributed by atoms with Gasteiger partial charge in [0, 0.05) is 5.41 Å². The van der Waals surface area contributed by atoms with Crippen LogP contribution in [-0.4, -0.2) is 17.5 Å². The van der Waals surface area contributed by atoms with Crippen molar-refractivity contribution in [3.8, 4) is 0 Å². The molecule has 1 unspecified atom stereocenters. The number of rotatable bonds is 3. The van der Waals surface area contributed by atoms with Crippen molar-refractivity contribution in [2.45, 2.75) is 26.7 Å². The SMILES string of the molecule is CC(C)(C)C(=O)C(CO)c1ccccc1. The van der Waals surface area contributed by atoms with E-state index in [1.165, 1.54) is 0 Å². The molecule has 0 radical (unpaired) electrons. The Morgan fingerprint density at radius 2 is 1.80 bits per heavy atom. The highest BCUT2D eigenvalue weighted by Gasteiger charge is 2.29. The number of Topliss-reactive ketones (excluding diaryl/α,β-unsaturated/α-hetero) is 1. The molecule has 15 heavy (non-hydrogen) atoms. The van der Waals surface area contributed by atoms with Crippen molar-refractivity contribution in [3.05, 3.63) is 35.9 Å². The summed E-state index contributed by atoms with van der Waals surface area (Å²) in [5.74, 6) is -0.317. The predicted molar refractivity (Wildman–Crippen MR) is 60.7 cm³/mol. The molecule has 0 aliphatic rings. The first-order chi connectivity index (χ1) is 6.96. The molecule has 0 heterocycles. The summed E-state index contributed by atoms with van der Waals surface area (Å²) in [4.78, 5) is 12.0. The second-order valence-corrected chi connectivity index (χ2v) is 4.76. The van der Waals surface area contributed by atoms with Crippen LogP contribution in [-0.2, 0) is 4.79 Å². The van der Waals surface area contributed by atoms with Crippen molar-refractivity contribution in [2.75, 3.05) is 6.61 Å². The third-order valence-corrected chi connectivity index (χ3v) is 2.44. The van der Waals surface area contributed by atoms with Crippen molar-refractivity contribution in [1.82, 2.24) is 0 Å². The van der Waals surface area contributed by atoms with Gasteiger partial charge in [-0.05, 0) is 5.56 Å². The summed E-state index contributed by atoms with van der Waals surface area (Å²) >= 11 is 0. The monoisotopic (exact) mass is 206 g/mol. The summed E-state index contributed by atoms with van der Waals surface area (Å²) < 4.78 is 0. The van der Waals surface area contributed by atoms with Gasteiger partial charge in [-0.3, -0.25) is 4.79 Å². The first kappa shape index (κ1) is 11.9. The second-order valence-electron chi connectivity index (χ2n) is 4.76. The lowest BCUT2D eigenvalue weighted by atomic mass is 9.80. The third kappa shape index (κ3) is 2.90. The minimum absolute atomic E-state index is 0.0798. The molecule has 82 valence electrons. The summed E-state index contributed by atoms with van der Waals surface area (Å²) in [6.07, 6.45) is 0. The van der Waals surface area contributed by atoms with E-state index in [4.69, 9.17) is 0 Å². The van der Waals surface area contributed by atoms with Crippen molar-refractivity contribution in [3.63, 3.8) is 0 Å². The van der Waals surface area contributed by atoms with Gasteiger partial charge in [-0.25, -0.2) is 0 Å². The quantitative estimate of drug-likeness (QED) is 0.824. The van der Waals surface area contributed by atoms with E-state index in [1.807, 2.05) is 51.1 Å². The normalized spacial score (nSPS) is 13.6. The van der Waals surface area contributed by atoms with E-state index in [9.17, 15) is 9.90 Å². The number of carbonyl (C=O) groups is 1. The van der Waals surface area contributed by atoms with Crippen LogP contribution >= 0.6 is 0 Å². The van der Waals surface area contributed by atoms with E-state index in [1.54, 1.807) is 0 Å². The van der Waals surface area contributed by atoms with Crippen molar-refractivity contribution in [2.24, 2.45) is 5.41 Å². The van der Waals surface area contributed by atoms with Crippen LogP contribution in [0.3, 0.4) is 0 Å². The summed E-state index contributed by atoms with van der Waals surface area (Å²) in [5, 5.41) is 9.29. The number of hydrogen-bond acceptors (Lipinski definition) is 2. The predicted octanol–water partition coefficient (Wildman–Crippen LogP) is 2.38. The fraction of sp³-hybridized carbons (Fsp3) is 0.462. The molecule has 0 aromatic heterocycles. The van der Waals surface area contributed by atoms with Gasteiger partial charge in [0.2, 0.25) is 0 Å². The highest BCUT2D eigenvalue weighted by Crippen LogP contribution is 2.26. The van der Waals surface area contributed by atoms with Crippen molar-refractivity contribution >= 4 is 5.78 Å². The second kappa shape index (κ2) is 4.58. The van der Waals surface area contributed by atoms with Gasteiger partial charge in [0.05, 0.1) is 12.5 Å². The van der Waals surface area contributed by atoms with Crippen LogP contribution in [0.2, 0.25) is 0 Å². The molecule has 2 heteroatoms.